The molecule has 0 aromatic heterocycles. The first-order valence-corrected chi connectivity index (χ1v) is 11.7. The molecule has 2 saturated carbocycles. The first kappa shape index (κ1) is 21.7. The summed E-state index contributed by atoms with van der Waals surface area (Å²) >= 11 is 0. The summed E-state index contributed by atoms with van der Waals surface area (Å²) in [5.41, 5.74) is 1.13. The minimum atomic E-state index is -0.332. The van der Waals surface area contributed by atoms with Crippen molar-refractivity contribution in [2.45, 2.75) is 96.3 Å². The van der Waals surface area contributed by atoms with Crippen molar-refractivity contribution in [2.75, 3.05) is 6.67 Å². The van der Waals surface area contributed by atoms with Gasteiger partial charge in [0.1, 0.15) is 11.6 Å². The van der Waals surface area contributed by atoms with Crippen molar-refractivity contribution in [3.8, 4) is 0 Å². The second-order valence-electron chi connectivity index (χ2n) is 9.30. The van der Waals surface area contributed by atoms with E-state index in [4.69, 9.17) is 0 Å². The van der Waals surface area contributed by atoms with Crippen LogP contribution < -0.4 is 0 Å². The maximum absolute atomic E-state index is 14.7. The Morgan fingerprint density at radius 2 is 1.39 bits per heavy atom. The van der Waals surface area contributed by atoms with Gasteiger partial charge in [-0.1, -0.05) is 32.6 Å². The SMILES string of the molecule is CCCCCc1cc(F)c(C2CCC(C3CCC(CCF)CC3)CC2)c(F)c1. The van der Waals surface area contributed by atoms with E-state index in [0.29, 0.717) is 17.4 Å². The number of aryl methyl sites for hydroxylation is 1. The van der Waals surface area contributed by atoms with Gasteiger partial charge >= 0.3 is 0 Å². The molecule has 2 aliphatic carbocycles. The highest BCUT2D eigenvalue weighted by molar-refractivity contribution is 5.29. The number of rotatable bonds is 8. The van der Waals surface area contributed by atoms with Crippen molar-refractivity contribution in [1.82, 2.24) is 0 Å². The topological polar surface area (TPSA) is 0 Å². The number of unbranched alkanes of at least 4 members (excludes halogenated alkanes) is 2. The molecule has 2 aliphatic rings. The van der Waals surface area contributed by atoms with Crippen molar-refractivity contribution < 1.29 is 13.2 Å². The third-order valence-electron chi connectivity index (χ3n) is 7.46. The lowest BCUT2D eigenvalue weighted by atomic mass is 9.68. The van der Waals surface area contributed by atoms with E-state index >= 15 is 0 Å². The molecule has 1 aromatic rings. The molecule has 158 valence electrons. The largest absolute Gasteiger partial charge is 0.251 e. The molecule has 1 aromatic carbocycles. The summed E-state index contributed by atoms with van der Waals surface area (Å²) in [5, 5.41) is 0. The Labute approximate surface area is 169 Å². The highest BCUT2D eigenvalue weighted by Crippen LogP contribution is 2.45. The monoisotopic (exact) mass is 394 g/mol. The van der Waals surface area contributed by atoms with Gasteiger partial charge < -0.3 is 0 Å². The summed E-state index contributed by atoms with van der Waals surface area (Å²) in [6, 6.07) is 3.15. The number of hydrogen-bond donors (Lipinski definition) is 0. The van der Waals surface area contributed by atoms with Gasteiger partial charge in [-0.3, -0.25) is 4.39 Å². The summed E-state index contributed by atoms with van der Waals surface area (Å²) in [6.07, 6.45) is 13.4. The maximum Gasteiger partial charge on any atom is 0.129 e. The summed E-state index contributed by atoms with van der Waals surface area (Å²) in [4.78, 5) is 0. The fourth-order valence-corrected chi connectivity index (χ4v) is 5.73. The fourth-order valence-electron chi connectivity index (χ4n) is 5.73. The van der Waals surface area contributed by atoms with E-state index in [9.17, 15) is 13.2 Å². The molecule has 0 bridgehead atoms. The molecule has 0 N–H and O–H groups in total. The Balaban J connectivity index is 1.53. The molecule has 0 unspecified atom stereocenters. The minimum Gasteiger partial charge on any atom is -0.251 e. The van der Waals surface area contributed by atoms with E-state index in [-0.39, 0.29) is 24.2 Å². The fraction of sp³-hybridized carbons (Fsp3) is 0.760. The van der Waals surface area contributed by atoms with Gasteiger partial charge in [-0.15, -0.1) is 0 Å². The lowest BCUT2D eigenvalue weighted by molar-refractivity contribution is 0.152. The van der Waals surface area contributed by atoms with E-state index in [1.807, 2.05) is 0 Å². The summed E-state index contributed by atoms with van der Waals surface area (Å²) in [7, 11) is 0. The van der Waals surface area contributed by atoms with Gasteiger partial charge in [0.15, 0.2) is 0 Å². The van der Waals surface area contributed by atoms with E-state index in [0.717, 1.165) is 82.1 Å². The average Bonchev–Trinajstić information content (AvgIpc) is 2.69. The second kappa shape index (κ2) is 10.7. The quantitative estimate of drug-likeness (QED) is 0.390. The van der Waals surface area contributed by atoms with Crippen molar-refractivity contribution in [2.24, 2.45) is 17.8 Å². The number of halogens is 3. The van der Waals surface area contributed by atoms with Crippen LogP contribution in [0.15, 0.2) is 12.1 Å². The van der Waals surface area contributed by atoms with Gasteiger partial charge in [0, 0.05) is 5.56 Å². The summed E-state index contributed by atoms with van der Waals surface area (Å²) < 4.78 is 41.9. The first-order valence-electron chi connectivity index (χ1n) is 11.7. The zero-order valence-corrected chi connectivity index (χ0v) is 17.5. The van der Waals surface area contributed by atoms with Crippen LogP contribution in [0.3, 0.4) is 0 Å². The van der Waals surface area contributed by atoms with E-state index in [1.165, 1.54) is 12.8 Å². The third kappa shape index (κ3) is 5.54. The number of benzene rings is 1. The number of alkyl halides is 1. The van der Waals surface area contributed by atoms with Gasteiger partial charge in [0.05, 0.1) is 6.67 Å². The molecular formula is C25H37F3. The van der Waals surface area contributed by atoms with Crippen LogP contribution >= 0.6 is 0 Å². The standard InChI is InChI=1S/C25H37F3/c1-2-3-4-5-19-16-23(27)25(24(28)17-19)22-12-10-21(11-13-22)20-8-6-18(7-9-20)14-15-26/h16-18,20-22H,2-15H2,1H3. The van der Waals surface area contributed by atoms with Gasteiger partial charge in [-0.05, 0) is 99.2 Å². The summed E-state index contributed by atoms with van der Waals surface area (Å²) in [5.74, 6) is 1.39. The van der Waals surface area contributed by atoms with Gasteiger partial charge in [-0.2, -0.15) is 0 Å². The zero-order chi connectivity index (χ0) is 19.9. The number of hydrogen-bond acceptors (Lipinski definition) is 0. The Hall–Kier alpha value is -0.990. The zero-order valence-electron chi connectivity index (χ0n) is 17.5. The van der Waals surface area contributed by atoms with Gasteiger partial charge in [0.25, 0.3) is 0 Å². The average molecular weight is 395 g/mol. The van der Waals surface area contributed by atoms with Crippen LogP contribution in [-0.2, 0) is 6.42 Å². The molecule has 0 nitrogen and oxygen atoms in total. The Morgan fingerprint density at radius 1 is 0.821 bits per heavy atom. The van der Waals surface area contributed by atoms with Crippen molar-refractivity contribution in [3.63, 3.8) is 0 Å². The minimum absolute atomic E-state index is 0.0313. The Morgan fingerprint density at radius 3 is 1.93 bits per heavy atom. The molecule has 28 heavy (non-hydrogen) atoms. The molecule has 0 radical (unpaired) electrons. The van der Waals surface area contributed by atoms with Crippen molar-refractivity contribution in [3.05, 3.63) is 34.9 Å². The van der Waals surface area contributed by atoms with E-state index < -0.39 is 0 Å². The van der Waals surface area contributed by atoms with Gasteiger partial charge in [0.2, 0.25) is 0 Å². The van der Waals surface area contributed by atoms with Crippen molar-refractivity contribution >= 4 is 0 Å². The van der Waals surface area contributed by atoms with Gasteiger partial charge in [-0.25, -0.2) is 8.78 Å². The lowest BCUT2D eigenvalue weighted by Gasteiger charge is -2.38. The van der Waals surface area contributed by atoms with Crippen LogP contribution in [-0.4, -0.2) is 6.67 Å². The lowest BCUT2D eigenvalue weighted by Crippen LogP contribution is -2.26. The van der Waals surface area contributed by atoms with Crippen LogP contribution in [0.4, 0.5) is 13.2 Å². The normalized spacial score (nSPS) is 28.4. The summed E-state index contributed by atoms with van der Waals surface area (Å²) in [6.45, 7) is 1.95. The van der Waals surface area contributed by atoms with Crippen molar-refractivity contribution in [1.29, 1.82) is 0 Å². The van der Waals surface area contributed by atoms with Crippen LogP contribution in [0, 0.1) is 29.4 Å². The van der Waals surface area contributed by atoms with Crippen LogP contribution in [0.25, 0.3) is 0 Å². The Bertz CT molecular complexity index is 573. The molecule has 0 atom stereocenters. The predicted molar refractivity (Wildman–Crippen MR) is 110 cm³/mol. The predicted octanol–water partition coefficient (Wildman–Crippen LogP) is 8.14. The molecule has 0 saturated heterocycles. The molecule has 0 amide bonds. The van der Waals surface area contributed by atoms with E-state index in [1.54, 1.807) is 12.1 Å². The third-order valence-corrected chi connectivity index (χ3v) is 7.46. The smallest absolute Gasteiger partial charge is 0.129 e. The molecular weight excluding hydrogens is 357 g/mol. The highest BCUT2D eigenvalue weighted by atomic mass is 19.1. The molecule has 0 aliphatic heterocycles. The molecule has 0 spiro atoms. The molecule has 3 heteroatoms. The molecule has 3 rings (SSSR count). The highest BCUT2D eigenvalue weighted by Gasteiger charge is 2.32. The van der Waals surface area contributed by atoms with E-state index in [2.05, 4.69) is 6.92 Å². The molecule has 0 heterocycles. The Kier molecular flexibility index (Phi) is 8.29. The first-order chi connectivity index (χ1) is 13.6. The second-order valence-corrected chi connectivity index (χ2v) is 9.30. The van der Waals surface area contributed by atoms with Crippen LogP contribution in [0.2, 0.25) is 0 Å². The van der Waals surface area contributed by atoms with Crippen LogP contribution in [0.1, 0.15) is 101 Å². The van der Waals surface area contributed by atoms with Crippen LogP contribution in [0.5, 0.6) is 0 Å². The molecule has 2 fully saturated rings. The maximum atomic E-state index is 14.7.